The quantitative estimate of drug-likeness (QED) is 0.568. The van der Waals surface area contributed by atoms with Gasteiger partial charge in [0.1, 0.15) is 22.6 Å². The zero-order chi connectivity index (χ0) is 22.9. The van der Waals surface area contributed by atoms with Gasteiger partial charge in [-0.15, -0.1) is 0 Å². The Balaban J connectivity index is 1.71. The van der Waals surface area contributed by atoms with Gasteiger partial charge in [0.05, 0.1) is 19.9 Å². The molecule has 10 nitrogen and oxygen atoms in total. The van der Waals surface area contributed by atoms with Crippen molar-refractivity contribution in [3.05, 3.63) is 51.9 Å². The molecule has 0 aromatic carbocycles. The van der Waals surface area contributed by atoms with Crippen molar-refractivity contribution in [2.24, 2.45) is 5.73 Å². The second kappa shape index (κ2) is 8.58. The number of nitrogens with zero attached hydrogens (tertiary/aromatic N) is 4. The molecular formula is C21H25N5O5. The van der Waals surface area contributed by atoms with Crippen molar-refractivity contribution in [3.63, 3.8) is 0 Å². The molecule has 3 aromatic rings. The van der Waals surface area contributed by atoms with Crippen LogP contribution in [-0.2, 0) is 22.5 Å². The van der Waals surface area contributed by atoms with Gasteiger partial charge in [-0.2, -0.15) is 5.10 Å². The Labute approximate surface area is 179 Å². The van der Waals surface area contributed by atoms with Crippen molar-refractivity contribution in [1.82, 2.24) is 19.5 Å². The van der Waals surface area contributed by atoms with E-state index in [0.29, 0.717) is 34.8 Å². The molecule has 0 aliphatic carbocycles. The predicted octanol–water partition coefficient (Wildman–Crippen LogP) is 1.72. The maximum atomic E-state index is 12.7. The van der Waals surface area contributed by atoms with Crippen molar-refractivity contribution in [3.8, 4) is 0 Å². The van der Waals surface area contributed by atoms with Crippen LogP contribution in [0, 0.1) is 20.8 Å². The van der Waals surface area contributed by atoms with Crippen LogP contribution in [0.15, 0.2) is 16.7 Å². The number of hydrogen-bond donors (Lipinski definition) is 1. The third-order valence-electron chi connectivity index (χ3n) is 5.26. The van der Waals surface area contributed by atoms with E-state index < -0.39 is 11.9 Å². The van der Waals surface area contributed by atoms with Gasteiger partial charge in [-0.25, -0.2) is 14.3 Å². The highest BCUT2D eigenvalue weighted by molar-refractivity contribution is 5.98. The third-order valence-corrected chi connectivity index (χ3v) is 5.26. The Hall–Kier alpha value is -3.69. The maximum absolute atomic E-state index is 12.7. The summed E-state index contributed by atoms with van der Waals surface area (Å²) >= 11 is 0. The summed E-state index contributed by atoms with van der Waals surface area (Å²) in [5, 5.41) is 4.20. The van der Waals surface area contributed by atoms with Crippen molar-refractivity contribution in [2.75, 3.05) is 14.2 Å². The summed E-state index contributed by atoms with van der Waals surface area (Å²) in [6.07, 6.45) is 2.10. The molecule has 0 aliphatic rings. The van der Waals surface area contributed by atoms with Gasteiger partial charge in [-0.1, -0.05) is 0 Å². The van der Waals surface area contributed by atoms with Gasteiger partial charge in [-0.05, 0) is 38.8 Å². The Morgan fingerprint density at radius 3 is 2.58 bits per heavy atom. The highest BCUT2D eigenvalue weighted by Crippen LogP contribution is 2.20. The number of carbonyl (C=O) groups excluding carboxylic acids is 3. The Morgan fingerprint density at radius 2 is 1.94 bits per heavy atom. The van der Waals surface area contributed by atoms with E-state index >= 15 is 0 Å². The lowest BCUT2D eigenvalue weighted by atomic mass is 10.1. The lowest BCUT2D eigenvalue weighted by molar-refractivity contribution is -0.130. The number of nitrogens with two attached hydrogens (primary N) is 1. The monoisotopic (exact) mass is 427 g/mol. The Morgan fingerprint density at radius 1 is 1.23 bits per heavy atom. The van der Waals surface area contributed by atoms with Crippen LogP contribution < -0.4 is 5.73 Å². The summed E-state index contributed by atoms with van der Waals surface area (Å²) < 4.78 is 11.9. The molecule has 3 heterocycles. The molecule has 0 bridgehead atoms. The fourth-order valence-electron chi connectivity index (χ4n) is 3.53. The molecule has 3 aromatic heterocycles. The number of primary amides is 1. The second-order valence-electron chi connectivity index (χ2n) is 7.34. The van der Waals surface area contributed by atoms with Crippen LogP contribution in [0.5, 0.6) is 0 Å². The predicted molar refractivity (Wildman–Crippen MR) is 111 cm³/mol. The number of amides is 2. The van der Waals surface area contributed by atoms with E-state index in [9.17, 15) is 14.4 Å². The van der Waals surface area contributed by atoms with Crippen LogP contribution in [0.3, 0.4) is 0 Å². The number of ether oxygens (including phenoxy) is 1. The van der Waals surface area contributed by atoms with Crippen molar-refractivity contribution in [2.45, 2.75) is 40.2 Å². The molecule has 0 aliphatic heterocycles. The molecule has 0 fully saturated rings. The van der Waals surface area contributed by atoms with E-state index in [4.69, 9.17) is 14.9 Å². The van der Waals surface area contributed by atoms with E-state index in [0.717, 1.165) is 11.3 Å². The highest BCUT2D eigenvalue weighted by Gasteiger charge is 2.20. The van der Waals surface area contributed by atoms with Crippen LogP contribution in [0.2, 0.25) is 0 Å². The summed E-state index contributed by atoms with van der Waals surface area (Å²) in [6, 6.07) is 1.59. The van der Waals surface area contributed by atoms with Crippen LogP contribution in [0.4, 0.5) is 0 Å². The molecule has 0 atom stereocenters. The zero-order valence-corrected chi connectivity index (χ0v) is 18.2. The lowest BCUT2D eigenvalue weighted by Crippen LogP contribution is -2.26. The fourth-order valence-corrected chi connectivity index (χ4v) is 3.53. The first-order valence-corrected chi connectivity index (χ1v) is 9.69. The zero-order valence-electron chi connectivity index (χ0n) is 18.2. The van der Waals surface area contributed by atoms with Crippen LogP contribution in [-0.4, -0.2) is 51.4 Å². The molecule has 164 valence electrons. The van der Waals surface area contributed by atoms with Gasteiger partial charge in [-0.3, -0.25) is 9.59 Å². The summed E-state index contributed by atoms with van der Waals surface area (Å²) in [5.74, 6) is -0.212. The van der Waals surface area contributed by atoms with E-state index in [1.165, 1.54) is 18.2 Å². The number of methoxy groups -OCH3 is 1. The Bertz CT molecular complexity index is 1180. The summed E-state index contributed by atoms with van der Waals surface area (Å²) in [6.45, 7) is 5.59. The normalized spacial score (nSPS) is 11.0. The molecule has 2 amide bonds. The molecule has 10 heteroatoms. The number of aryl methyl sites for hydroxylation is 3. The second-order valence-corrected chi connectivity index (χ2v) is 7.34. The minimum Gasteiger partial charge on any atom is -0.465 e. The topological polar surface area (TPSA) is 133 Å². The highest BCUT2D eigenvalue weighted by atomic mass is 16.5. The van der Waals surface area contributed by atoms with E-state index in [2.05, 4.69) is 10.1 Å². The van der Waals surface area contributed by atoms with Crippen molar-refractivity contribution in [1.29, 1.82) is 0 Å². The molecule has 31 heavy (non-hydrogen) atoms. The first-order chi connectivity index (χ1) is 14.6. The fraction of sp³-hybridized carbons (Fsp3) is 0.381. The Kier molecular flexibility index (Phi) is 6.09. The van der Waals surface area contributed by atoms with E-state index in [1.807, 2.05) is 13.8 Å². The molecule has 0 radical (unpaired) electrons. The van der Waals surface area contributed by atoms with Crippen LogP contribution in [0.1, 0.15) is 55.6 Å². The summed E-state index contributed by atoms with van der Waals surface area (Å²) in [7, 11) is 2.98. The van der Waals surface area contributed by atoms with Crippen LogP contribution in [0.25, 0.3) is 5.65 Å². The molecule has 0 saturated carbocycles. The lowest BCUT2D eigenvalue weighted by Gasteiger charge is -2.17. The molecular weight excluding hydrogens is 402 g/mol. The number of fused-ring (bicyclic) bond motifs is 1. The first kappa shape index (κ1) is 22.0. The number of rotatable bonds is 7. The standard InChI is InChI=1S/C21H25N5O5/c1-11-15(12(2)26-20(24-11)17(9-23-26)19(22)28)6-7-18(27)25(4)10-14-8-16(13(3)31-14)21(29)30-5/h8-9H,6-7,10H2,1-5H3,(H2,22,28). The van der Waals surface area contributed by atoms with Gasteiger partial charge < -0.3 is 19.8 Å². The number of furan rings is 1. The van der Waals surface area contributed by atoms with E-state index in [-0.39, 0.29) is 24.4 Å². The summed E-state index contributed by atoms with van der Waals surface area (Å²) in [4.78, 5) is 41.9. The average Bonchev–Trinajstić information content (AvgIpc) is 3.30. The molecule has 3 rings (SSSR count). The number of esters is 1. The summed E-state index contributed by atoms with van der Waals surface area (Å²) in [5.41, 5.74) is 8.79. The number of hydrogen-bond acceptors (Lipinski definition) is 7. The largest absolute Gasteiger partial charge is 0.465 e. The smallest absolute Gasteiger partial charge is 0.341 e. The van der Waals surface area contributed by atoms with Gasteiger partial charge >= 0.3 is 5.97 Å². The number of aromatic nitrogens is 3. The van der Waals surface area contributed by atoms with Gasteiger partial charge in [0, 0.05) is 24.9 Å². The number of carbonyl (C=O) groups is 3. The minimum atomic E-state index is -0.589. The SMILES string of the molecule is COC(=O)c1cc(CN(C)C(=O)CCc2c(C)nc3c(C(N)=O)cnn3c2C)oc1C. The maximum Gasteiger partial charge on any atom is 0.341 e. The van der Waals surface area contributed by atoms with Gasteiger partial charge in [0.15, 0.2) is 5.65 Å². The van der Waals surface area contributed by atoms with Crippen molar-refractivity contribution >= 4 is 23.4 Å². The third kappa shape index (κ3) is 4.27. The van der Waals surface area contributed by atoms with Crippen molar-refractivity contribution < 1.29 is 23.5 Å². The molecule has 2 N–H and O–H groups in total. The first-order valence-electron chi connectivity index (χ1n) is 9.69. The molecule has 0 saturated heterocycles. The molecule has 0 unspecified atom stereocenters. The van der Waals surface area contributed by atoms with E-state index in [1.54, 1.807) is 24.6 Å². The van der Waals surface area contributed by atoms with Gasteiger partial charge in [0.2, 0.25) is 5.91 Å². The van der Waals surface area contributed by atoms with Crippen LogP contribution >= 0.6 is 0 Å². The average molecular weight is 427 g/mol. The minimum absolute atomic E-state index is 0.0918. The molecule has 0 spiro atoms. The van der Waals surface area contributed by atoms with Gasteiger partial charge in [0.25, 0.3) is 5.91 Å².